The van der Waals surface area contributed by atoms with E-state index < -0.39 is 24.2 Å². The summed E-state index contributed by atoms with van der Waals surface area (Å²) >= 11 is 0. The van der Waals surface area contributed by atoms with Crippen molar-refractivity contribution in [3.8, 4) is 5.75 Å². The van der Waals surface area contributed by atoms with Gasteiger partial charge in [0.25, 0.3) is 0 Å². The van der Waals surface area contributed by atoms with Crippen LogP contribution >= 0.6 is 0 Å². The number of carbonyl (C=O) groups is 2. The zero-order chi connectivity index (χ0) is 17.9. The van der Waals surface area contributed by atoms with Gasteiger partial charge >= 0.3 is 12.4 Å². The third-order valence-electron chi connectivity index (χ3n) is 3.56. The minimum absolute atomic E-state index is 0.157. The molecule has 0 saturated carbocycles. The largest absolute Gasteiger partial charge is 0.573 e. The van der Waals surface area contributed by atoms with Crippen LogP contribution in [0.3, 0.4) is 0 Å². The molecule has 2 rings (SSSR count). The van der Waals surface area contributed by atoms with Crippen LogP contribution in [0, 0.1) is 0 Å². The van der Waals surface area contributed by atoms with Crippen LogP contribution in [0.25, 0.3) is 0 Å². The third-order valence-corrected chi connectivity index (χ3v) is 3.56. The molecule has 0 spiro atoms. The highest BCUT2D eigenvalue weighted by Crippen LogP contribution is 2.26. The SMILES string of the molecule is CN(C)C(=O)[C@H]1CCCN1C(=O)Nc1cccc(OC(F)(F)F)c1. The van der Waals surface area contributed by atoms with E-state index >= 15 is 0 Å². The van der Waals surface area contributed by atoms with Gasteiger partial charge in [-0.2, -0.15) is 0 Å². The summed E-state index contributed by atoms with van der Waals surface area (Å²) in [6, 6.07) is 3.90. The Hall–Kier alpha value is -2.45. The number of nitrogens with zero attached hydrogens (tertiary/aromatic N) is 2. The maximum Gasteiger partial charge on any atom is 0.573 e. The summed E-state index contributed by atoms with van der Waals surface area (Å²) in [5, 5.41) is 2.50. The second-order valence-corrected chi connectivity index (χ2v) is 5.59. The molecule has 9 heteroatoms. The van der Waals surface area contributed by atoms with Gasteiger partial charge in [-0.25, -0.2) is 4.79 Å². The molecule has 1 fully saturated rings. The van der Waals surface area contributed by atoms with Gasteiger partial charge in [0.15, 0.2) is 0 Å². The number of alkyl halides is 3. The van der Waals surface area contributed by atoms with E-state index in [9.17, 15) is 22.8 Å². The van der Waals surface area contributed by atoms with Crippen molar-refractivity contribution in [2.45, 2.75) is 25.2 Å². The molecular formula is C15H18F3N3O3. The number of likely N-dealkylation sites (N-methyl/N-ethyl adjacent to an activating group) is 1. The number of halogens is 3. The summed E-state index contributed by atoms with van der Waals surface area (Å²) in [7, 11) is 3.21. The fourth-order valence-corrected chi connectivity index (χ4v) is 2.53. The lowest BCUT2D eigenvalue weighted by Gasteiger charge is -2.26. The Morgan fingerprint density at radius 1 is 1.33 bits per heavy atom. The minimum atomic E-state index is -4.80. The Morgan fingerprint density at radius 3 is 2.67 bits per heavy atom. The van der Waals surface area contributed by atoms with Crippen LogP contribution in [0.4, 0.5) is 23.7 Å². The molecule has 6 nitrogen and oxygen atoms in total. The van der Waals surface area contributed by atoms with Crippen molar-refractivity contribution in [3.63, 3.8) is 0 Å². The van der Waals surface area contributed by atoms with Gasteiger partial charge in [0, 0.05) is 32.4 Å². The fourth-order valence-electron chi connectivity index (χ4n) is 2.53. The number of benzene rings is 1. The lowest BCUT2D eigenvalue weighted by Crippen LogP contribution is -2.47. The molecule has 0 aliphatic carbocycles. The first-order valence-corrected chi connectivity index (χ1v) is 7.32. The number of hydrogen-bond donors (Lipinski definition) is 1. The maximum atomic E-state index is 12.3. The van der Waals surface area contributed by atoms with Crippen LogP contribution in [-0.2, 0) is 4.79 Å². The predicted molar refractivity (Wildman–Crippen MR) is 80.6 cm³/mol. The first-order chi connectivity index (χ1) is 11.2. The number of hydrogen-bond acceptors (Lipinski definition) is 3. The third kappa shape index (κ3) is 4.53. The van der Waals surface area contributed by atoms with E-state index in [1.165, 1.54) is 21.9 Å². The lowest BCUT2D eigenvalue weighted by atomic mass is 10.2. The molecule has 1 aromatic rings. The molecule has 1 aliphatic rings. The van der Waals surface area contributed by atoms with Crippen molar-refractivity contribution in [2.24, 2.45) is 0 Å². The first kappa shape index (κ1) is 17.9. The molecule has 132 valence electrons. The number of nitrogens with one attached hydrogen (secondary N) is 1. The summed E-state index contributed by atoms with van der Waals surface area (Å²) < 4.78 is 40.5. The highest BCUT2D eigenvalue weighted by molar-refractivity contribution is 5.94. The van der Waals surface area contributed by atoms with Gasteiger partial charge in [0.05, 0.1) is 0 Å². The molecule has 0 bridgehead atoms. The van der Waals surface area contributed by atoms with Gasteiger partial charge in [-0.3, -0.25) is 4.79 Å². The Labute approximate surface area is 137 Å². The number of urea groups is 1. The van der Waals surface area contributed by atoms with Gasteiger partial charge in [-0.05, 0) is 25.0 Å². The van der Waals surface area contributed by atoms with Crippen molar-refractivity contribution < 1.29 is 27.5 Å². The standard InChI is InChI=1S/C15H18F3N3O3/c1-20(2)13(22)12-7-4-8-21(12)14(23)19-10-5-3-6-11(9-10)24-15(16,17)18/h3,5-6,9,12H,4,7-8H2,1-2H3,(H,19,23)/t12-/m1/s1. The van der Waals surface area contributed by atoms with Crippen LogP contribution in [0.2, 0.25) is 0 Å². The number of likely N-dealkylation sites (tertiary alicyclic amines) is 1. The highest BCUT2D eigenvalue weighted by atomic mass is 19.4. The van der Waals surface area contributed by atoms with Gasteiger partial charge in [0.2, 0.25) is 5.91 Å². The van der Waals surface area contributed by atoms with Crippen LogP contribution < -0.4 is 10.1 Å². The highest BCUT2D eigenvalue weighted by Gasteiger charge is 2.35. The van der Waals surface area contributed by atoms with E-state index in [-0.39, 0.29) is 11.6 Å². The van der Waals surface area contributed by atoms with E-state index in [1.54, 1.807) is 14.1 Å². The van der Waals surface area contributed by atoms with Crippen molar-refractivity contribution in [3.05, 3.63) is 24.3 Å². The van der Waals surface area contributed by atoms with Crippen LogP contribution in [0.15, 0.2) is 24.3 Å². The summed E-state index contributed by atoms with van der Waals surface area (Å²) in [4.78, 5) is 27.2. The molecule has 3 amide bonds. The van der Waals surface area contributed by atoms with Crippen molar-refractivity contribution in [1.82, 2.24) is 9.80 Å². The molecule has 1 atom stereocenters. The molecule has 1 heterocycles. The monoisotopic (exact) mass is 345 g/mol. The van der Waals surface area contributed by atoms with Gasteiger partial charge < -0.3 is 19.9 Å². The average molecular weight is 345 g/mol. The Bertz CT molecular complexity index is 619. The Morgan fingerprint density at radius 2 is 2.04 bits per heavy atom. The minimum Gasteiger partial charge on any atom is -0.406 e. The van der Waals surface area contributed by atoms with E-state index in [0.29, 0.717) is 19.4 Å². The second kappa shape index (κ2) is 6.98. The van der Waals surface area contributed by atoms with Gasteiger partial charge in [0.1, 0.15) is 11.8 Å². The van der Waals surface area contributed by atoms with E-state index in [2.05, 4.69) is 10.1 Å². The average Bonchev–Trinajstić information content (AvgIpc) is 2.94. The quantitative estimate of drug-likeness (QED) is 0.916. The van der Waals surface area contributed by atoms with E-state index in [0.717, 1.165) is 12.1 Å². The van der Waals surface area contributed by atoms with Crippen LogP contribution in [-0.4, -0.2) is 54.8 Å². The van der Waals surface area contributed by atoms with Crippen molar-refractivity contribution in [1.29, 1.82) is 0 Å². The molecule has 0 aromatic heterocycles. The molecule has 1 aliphatic heterocycles. The number of ether oxygens (including phenoxy) is 1. The summed E-state index contributed by atoms with van der Waals surface area (Å²) in [5.41, 5.74) is 0.157. The zero-order valence-electron chi connectivity index (χ0n) is 13.3. The first-order valence-electron chi connectivity index (χ1n) is 7.32. The van der Waals surface area contributed by atoms with Crippen LogP contribution in [0.5, 0.6) is 5.75 Å². The number of carbonyl (C=O) groups excluding carboxylic acids is 2. The molecule has 1 aromatic carbocycles. The number of amides is 3. The Balaban J connectivity index is 2.06. The fraction of sp³-hybridized carbons (Fsp3) is 0.467. The normalized spacial score (nSPS) is 17.5. The lowest BCUT2D eigenvalue weighted by molar-refractivity contribution is -0.274. The van der Waals surface area contributed by atoms with Crippen molar-refractivity contribution in [2.75, 3.05) is 26.0 Å². The number of anilines is 1. The van der Waals surface area contributed by atoms with E-state index in [4.69, 9.17) is 0 Å². The molecule has 24 heavy (non-hydrogen) atoms. The zero-order valence-corrected chi connectivity index (χ0v) is 13.3. The molecule has 1 saturated heterocycles. The Kier molecular flexibility index (Phi) is 5.20. The molecular weight excluding hydrogens is 327 g/mol. The number of rotatable bonds is 3. The predicted octanol–water partition coefficient (Wildman–Crippen LogP) is 2.67. The topological polar surface area (TPSA) is 61.9 Å². The smallest absolute Gasteiger partial charge is 0.406 e. The molecule has 0 unspecified atom stereocenters. The summed E-state index contributed by atoms with van der Waals surface area (Å²) in [6.45, 7) is 0.412. The summed E-state index contributed by atoms with van der Waals surface area (Å²) in [5.74, 6) is -0.612. The van der Waals surface area contributed by atoms with Crippen LogP contribution in [0.1, 0.15) is 12.8 Å². The summed E-state index contributed by atoms with van der Waals surface area (Å²) in [6.07, 6.45) is -3.56. The second-order valence-electron chi connectivity index (χ2n) is 5.59. The molecule has 0 radical (unpaired) electrons. The van der Waals surface area contributed by atoms with Gasteiger partial charge in [-0.15, -0.1) is 13.2 Å². The maximum absolute atomic E-state index is 12.3. The van der Waals surface area contributed by atoms with Gasteiger partial charge in [-0.1, -0.05) is 6.07 Å². The van der Waals surface area contributed by atoms with Crippen molar-refractivity contribution >= 4 is 17.6 Å². The van der Waals surface area contributed by atoms with E-state index in [1.807, 2.05) is 0 Å². The molecule has 1 N–H and O–H groups in total.